The summed E-state index contributed by atoms with van der Waals surface area (Å²) in [6.07, 6.45) is 0.247. The first-order valence-electron chi connectivity index (χ1n) is 9.04. The first-order chi connectivity index (χ1) is 12.6. The third-order valence-electron chi connectivity index (χ3n) is 4.62. The van der Waals surface area contributed by atoms with Crippen molar-refractivity contribution in [3.05, 3.63) is 59.7 Å². The normalized spacial score (nSPS) is 16.8. The van der Waals surface area contributed by atoms with E-state index in [0.29, 0.717) is 6.54 Å². The van der Waals surface area contributed by atoms with E-state index in [0.717, 1.165) is 35.6 Å². The number of amides is 2. The van der Waals surface area contributed by atoms with Gasteiger partial charge in [-0.15, -0.1) is 0 Å². The first-order valence-corrected chi connectivity index (χ1v) is 9.04. The van der Waals surface area contributed by atoms with Gasteiger partial charge in [0, 0.05) is 30.9 Å². The summed E-state index contributed by atoms with van der Waals surface area (Å²) >= 11 is 0. The van der Waals surface area contributed by atoms with Crippen molar-refractivity contribution < 1.29 is 9.59 Å². The maximum atomic E-state index is 12.6. The summed E-state index contributed by atoms with van der Waals surface area (Å²) in [5, 5.41) is 6.23. The molecular formula is C21H25N3O2. The number of carbonyl (C=O) groups is 2. The fourth-order valence-corrected chi connectivity index (χ4v) is 3.13. The smallest absolute Gasteiger partial charge is 0.229 e. The summed E-state index contributed by atoms with van der Waals surface area (Å²) in [6.45, 7) is 6.16. The second-order valence-electron chi connectivity index (χ2n) is 6.71. The van der Waals surface area contributed by atoms with Gasteiger partial charge in [0.05, 0.1) is 5.92 Å². The van der Waals surface area contributed by atoms with Crippen LogP contribution in [0.15, 0.2) is 48.5 Å². The van der Waals surface area contributed by atoms with E-state index in [1.54, 1.807) is 4.90 Å². The summed E-state index contributed by atoms with van der Waals surface area (Å²) in [6, 6.07) is 15.6. The number of hydrogen-bond donors (Lipinski definition) is 2. The molecule has 0 bridgehead atoms. The maximum absolute atomic E-state index is 12.6. The predicted octanol–water partition coefficient (Wildman–Crippen LogP) is 3.10. The third-order valence-corrected chi connectivity index (χ3v) is 4.62. The van der Waals surface area contributed by atoms with Crippen molar-refractivity contribution >= 4 is 23.2 Å². The zero-order valence-electron chi connectivity index (χ0n) is 15.3. The molecule has 1 atom stereocenters. The molecule has 0 radical (unpaired) electrons. The van der Waals surface area contributed by atoms with Crippen molar-refractivity contribution in [3.63, 3.8) is 0 Å². The van der Waals surface area contributed by atoms with Gasteiger partial charge in [0.2, 0.25) is 11.8 Å². The molecule has 26 heavy (non-hydrogen) atoms. The van der Waals surface area contributed by atoms with Gasteiger partial charge in [0.1, 0.15) is 0 Å². The Kier molecular flexibility index (Phi) is 5.68. The summed E-state index contributed by atoms with van der Waals surface area (Å²) < 4.78 is 0. The first kappa shape index (κ1) is 18.1. The number of rotatable bonds is 6. The highest BCUT2D eigenvalue weighted by Crippen LogP contribution is 2.26. The molecule has 0 aliphatic carbocycles. The van der Waals surface area contributed by atoms with E-state index in [4.69, 9.17) is 0 Å². The van der Waals surface area contributed by atoms with Gasteiger partial charge in [-0.3, -0.25) is 9.59 Å². The van der Waals surface area contributed by atoms with E-state index in [-0.39, 0.29) is 24.2 Å². The van der Waals surface area contributed by atoms with E-state index >= 15 is 0 Å². The number of nitrogens with zero attached hydrogens (tertiary/aromatic N) is 1. The molecule has 3 rings (SSSR count). The lowest BCUT2D eigenvalue weighted by molar-refractivity contribution is -0.122. The minimum Gasteiger partial charge on any atom is -0.326 e. The highest BCUT2D eigenvalue weighted by atomic mass is 16.2. The van der Waals surface area contributed by atoms with Crippen LogP contribution < -0.4 is 15.5 Å². The topological polar surface area (TPSA) is 61.4 Å². The average molecular weight is 351 g/mol. The van der Waals surface area contributed by atoms with Gasteiger partial charge in [-0.1, -0.05) is 36.8 Å². The molecule has 1 saturated heterocycles. The predicted molar refractivity (Wildman–Crippen MR) is 104 cm³/mol. The van der Waals surface area contributed by atoms with Crippen molar-refractivity contribution in [1.82, 2.24) is 5.32 Å². The number of benzene rings is 2. The molecule has 5 heteroatoms. The molecule has 2 N–H and O–H groups in total. The molecular weight excluding hydrogens is 326 g/mol. The lowest BCUT2D eigenvalue weighted by atomic mass is 10.1. The van der Waals surface area contributed by atoms with Crippen LogP contribution in [0.25, 0.3) is 0 Å². The Bertz CT molecular complexity index is 786. The molecule has 1 heterocycles. The van der Waals surface area contributed by atoms with Crippen LogP contribution in [0.5, 0.6) is 0 Å². The Morgan fingerprint density at radius 2 is 1.96 bits per heavy atom. The fraction of sp³-hybridized carbons (Fsp3) is 0.333. The third kappa shape index (κ3) is 4.29. The van der Waals surface area contributed by atoms with Crippen LogP contribution >= 0.6 is 0 Å². The standard InChI is InChI=1S/C21H25N3O2/c1-3-22-13-16-5-4-6-18(11-16)23-21(26)17-12-20(25)24(14-17)19-9-7-15(2)8-10-19/h4-11,17,22H,3,12-14H2,1-2H3,(H,23,26). The van der Waals surface area contributed by atoms with Gasteiger partial charge in [0.25, 0.3) is 0 Å². The molecule has 1 aliphatic rings. The molecule has 1 fully saturated rings. The van der Waals surface area contributed by atoms with Crippen LogP contribution in [-0.4, -0.2) is 24.9 Å². The summed E-state index contributed by atoms with van der Waals surface area (Å²) in [5.41, 5.74) is 3.88. The van der Waals surface area contributed by atoms with Gasteiger partial charge >= 0.3 is 0 Å². The van der Waals surface area contributed by atoms with Crippen LogP contribution in [0.2, 0.25) is 0 Å². The minimum absolute atomic E-state index is 0.00472. The van der Waals surface area contributed by atoms with Crippen LogP contribution in [0, 0.1) is 12.8 Å². The molecule has 5 nitrogen and oxygen atoms in total. The van der Waals surface area contributed by atoms with E-state index in [2.05, 4.69) is 17.6 Å². The van der Waals surface area contributed by atoms with Crippen molar-refractivity contribution in [3.8, 4) is 0 Å². The molecule has 1 aliphatic heterocycles. The van der Waals surface area contributed by atoms with Crippen LogP contribution in [-0.2, 0) is 16.1 Å². The molecule has 2 aromatic carbocycles. The van der Waals surface area contributed by atoms with Crippen molar-refractivity contribution in [1.29, 1.82) is 0 Å². The second-order valence-corrected chi connectivity index (χ2v) is 6.71. The molecule has 0 saturated carbocycles. The van der Waals surface area contributed by atoms with E-state index in [9.17, 15) is 9.59 Å². The lowest BCUT2D eigenvalue weighted by Crippen LogP contribution is -2.28. The molecule has 1 unspecified atom stereocenters. The SMILES string of the molecule is CCNCc1cccc(NC(=O)C2CC(=O)N(c3ccc(C)cc3)C2)c1. The Hall–Kier alpha value is -2.66. The lowest BCUT2D eigenvalue weighted by Gasteiger charge is -2.17. The zero-order chi connectivity index (χ0) is 18.5. The number of anilines is 2. The Balaban J connectivity index is 1.64. The number of hydrogen-bond acceptors (Lipinski definition) is 3. The molecule has 0 aromatic heterocycles. The van der Waals surface area contributed by atoms with Crippen LogP contribution in [0.3, 0.4) is 0 Å². The molecule has 2 aromatic rings. The molecule has 2 amide bonds. The van der Waals surface area contributed by atoms with Crippen LogP contribution in [0.1, 0.15) is 24.5 Å². The second kappa shape index (κ2) is 8.15. The van der Waals surface area contributed by atoms with Crippen molar-refractivity contribution in [2.45, 2.75) is 26.8 Å². The van der Waals surface area contributed by atoms with Gasteiger partial charge in [0.15, 0.2) is 0 Å². The number of carbonyl (C=O) groups excluding carboxylic acids is 2. The Morgan fingerprint density at radius 3 is 2.69 bits per heavy atom. The summed E-state index contributed by atoms with van der Waals surface area (Å²) in [4.78, 5) is 26.6. The van der Waals surface area contributed by atoms with Gasteiger partial charge in [-0.05, 0) is 43.3 Å². The van der Waals surface area contributed by atoms with Gasteiger partial charge in [-0.2, -0.15) is 0 Å². The van der Waals surface area contributed by atoms with Crippen LogP contribution in [0.4, 0.5) is 11.4 Å². The van der Waals surface area contributed by atoms with E-state index in [1.807, 2.05) is 55.5 Å². The Labute approximate surface area is 154 Å². The monoisotopic (exact) mass is 351 g/mol. The molecule has 0 spiro atoms. The zero-order valence-corrected chi connectivity index (χ0v) is 15.3. The van der Waals surface area contributed by atoms with E-state index in [1.165, 1.54) is 0 Å². The van der Waals surface area contributed by atoms with Crippen molar-refractivity contribution in [2.24, 2.45) is 5.92 Å². The summed E-state index contributed by atoms with van der Waals surface area (Å²) in [5.74, 6) is -0.440. The van der Waals surface area contributed by atoms with Gasteiger partial charge < -0.3 is 15.5 Å². The van der Waals surface area contributed by atoms with Gasteiger partial charge in [-0.25, -0.2) is 0 Å². The van der Waals surface area contributed by atoms with E-state index < -0.39 is 0 Å². The Morgan fingerprint density at radius 1 is 1.19 bits per heavy atom. The number of aryl methyl sites for hydroxylation is 1. The largest absolute Gasteiger partial charge is 0.326 e. The molecule has 136 valence electrons. The maximum Gasteiger partial charge on any atom is 0.229 e. The average Bonchev–Trinajstić information content (AvgIpc) is 3.03. The number of nitrogens with one attached hydrogen (secondary N) is 2. The highest BCUT2D eigenvalue weighted by molar-refractivity contribution is 6.03. The quantitative estimate of drug-likeness (QED) is 0.841. The minimum atomic E-state index is -0.332. The van der Waals surface area contributed by atoms with Crippen molar-refractivity contribution in [2.75, 3.05) is 23.3 Å². The fourth-order valence-electron chi connectivity index (χ4n) is 3.13. The summed E-state index contributed by atoms with van der Waals surface area (Å²) in [7, 11) is 0. The highest BCUT2D eigenvalue weighted by Gasteiger charge is 2.35.